The van der Waals surface area contributed by atoms with Gasteiger partial charge in [-0.3, -0.25) is 0 Å². The van der Waals surface area contributed by atoms with Crippen LogP contribution in [0.25, 0.3) is 0 Å². The molecule has 0 bridgehead atoms. The van der Waals surface area contributed by atoms with E-state index in [1.54, 1.807) is 0 Å². The molecule has 12 heavy (non-hydrogen) atoms. The zero-order valence-corrected chi connectivity index (χ0v) is 9.25. The van der Waals surface area contributed by atoms with E-state index in [0.29, 0.717) is 6.54 Å². The van der Waals surface area contributed by atoms with Crippen LogP contribution in [-0.2, 0) is 4.79 Å². The van der Waals surface area contributed by atoms with E-state index < -0.39 is 0 Å². The molecule has 1 rings (SSSR count). The fourth-order valence-electron chi connectivity index (χ4n) is 1.21. The second kappa shape index (κ2) is 4.06. The van der Waals surface area contributed by atoms with Crippen molar-refractivity contribution in [2.45, 2.75) is 19.8 Å². The SMILES string of the molecule is CCCCN1C(=O)CN(C)C1=[Se]. The second-order valence-corrected chi connectivity index (χ2v) is 3.80. The molecule has 3 nitrogen and oxygen atoms in total. The number of unbranched alkanes of at least 4 members (excludes halogenated alkanes) is 1. The Morgan fingerprint density at radius 2 is 2.25 bits per heavy atom. The first-order valence-electron chi connectivity index (χ1n) is 4.22. The average molecular weight is 233 g/mol. The van der Waals surface area contributed by atoms with E-state index in [0.717, 1.165) is 24.1 Å². The van der Waals surface area contributed by atoms with Crippen molar-refractivity contribution in [1.29, 1.82) is 0 Å². The van der Waals surface area contributed by atoms with Gasteiger partial charge in [0.15, 0.2) is 0 Å². The number of hydrogen-bond donors (Lipinski definition) is 0. The minimum atomic E-state index is 0.208. The maximum absolute atomic E-state index is 11.3. The van der Waals surface area contributed by atoms with Gasteiger partial charge in [0.25, 0.3) is 0 Å². The molecule has 0 aromatic rings. The molecule has 1 aliphatic rings. The predicted octanol–water partition coefficient (Wildman–Crippen LogP) is -0.184. The molecule has 0 aromatic carbocycles. The van der Waals surface area contributed by atoms with Crippen LogP contribution in [0.1, 0.15) is 19.8 Å². The Labute approximate surface area is 81.1 Å². The van der Waals surface area contributed by atoms with Crippen LogP contribution in [0.4, 0.5) is 0 Å². The summed E-state index contributed by atoms with van der Waals surface area (Å²) < 4.78 is 0.966. The number of nitrogens with zero attached hydrogens (tertiary/aromatic N) is 2. The molecule has 0 unspecified atom stereocenters. The number of carbonyl (C=O) groups is 1. The number of amides is 1. The number of hydrogen-bond acceptors (Lipinski definition) is 2. The fraction of sp³-hybridized carbons (Fsp3) is 0.750. The molecule has 0 aromatic heterocycles. The molecule has 0 N–H and O–H groups in total. The molecule has 1 saturated heterocycles. The molecule has 1 fully saturated rings. The summed E-state index contributed by atoms with van der Waals surface area (Å²) in [6.07, 6.45) is 2.20. The number of carbonyl (C=O) groups excluding carboxylic acids is 1. The third-order valence-corrected chi connectivity index (χ3v) is 3.08. The summed E-state index contributed by atoms with van der Waals surface area (Å²) in [5, 5.41) is 0. The van der Waals surface area contributed by atoms with E-state index in [1.807, 2.05) is 16.8 Å². The van der Waals surface area contributed by atoms with Gasteiger partial charge in [0.2, 0.25) is 0 Å². The minimum absolute atomic E-state index is 0.208. The van der Waals surface area contributed by atoms with Crippen LogP contribution in [0.15, 0.2) is 0 Å². The van der Waals surface area contributed by atoms with Gasteiger partial charge in [0, 0.05) is 0 Å². The second-order valence-electron chi connectivity index (χ2n) is 3.04. The molecule has 0 radical (unpaired) electrons. The molecule has 1 aliphatic heterocycles. The van der Waals surface area contributed by atoms with Crippen LogP contribution in [-0.4, -0.2) is 56.1 Å². The third-order valence-electron chi connectivity index (χ3n) is 1.97. The summed E-state index contributed by atoms with van der Waals surface area (Å²) in [7, 11) is 1.93. The Morgan fingerprint density at radius 1 is 1.58 bits per heavy atom. The van der Waals surface area contributed by atoms with Crippen molar-refractivity contribution in [2.75, 3.05) is 20.1 Å². The first kappa shape index (κ1) is 9.75. The topological polar surface area (TPSA) is 23.6 Å². The van der Waals surface area contributed by atoms with E-state index in [2.05, 4.69) is 22.5 Å². The summed E-state index contributed by atoms with van der Waals surface area (Å²) in [6, 6.07) is 0. The summed E-state index contributed by atoms with van der Waals surface area (Å²) >= 11 is 2.93. The van der Waals surface area contributed by atoms with Crippen LogP contribution in [0, 0.1) is 0 Å². The molecule has 0 aliphatic carbocycles. The van der Waals surface area contributed by atoms with Gasteiger partial charge in [0.1, 0.15) is 0 Å². The van der Waals surface area contributed by atoms with Crippen molar-refractivity contribution < 1.29 is 4.79 Å². The first-order valence-corrected chi connectivity index (χ1v) is 5.08. The quantitative estimate of drug-likeness (QED) is 0.631. The zero-order chi connectivity index (χ0) is 9.14. The van der Waals surface area contributed by atoms with Gasteiger partial charge in [0.05, 0.1) is 0 Å². The monoisotopic (exact) mass is 234 g/mol. The number of rotatable bonds is 3. The van der Waals surface area contributed by atoms with Gasteiger partial charge < -0.3 is 0 Å². The fourth-order valence-corrected chi connectivity index (χ4v) is 1.75. The predicted molar refractivity (Wildman–Crippen MR) is 50.0 cm³/mol. The summed E-state index contributed by atoms with van der Waals surface area (Å²) in [4.78, 5) is 15.1. The van der Waals surface area contributed by atoms with Gasteiger partial charge in [-0.2, -0.15) is 0 Å². The van der Waals surface area contributed by atoms with Crippen LogP contribution < -0.4 is 0 Å². The van der Waals surface area contributed by atoms with E-state index in [9.17, 15) is 4.79 Å². The molecule has 0 spiro atoms. The normalized spacial score (nSPS) is 17.8. The van der Waals surface area contributed by atoms with Crippen molar-refractivity contribution in [3.63, 3.8) is 0 Å². The molecule has 0 atom stereocenters. The molecular formula is C8H14N2OSe. The van der Waals surface area contributed by atoms with Gasteiger partial charge in [-0.25, -0.2) is 0 Å². The zero-order valence-electron chi connectivity index (χ0n) is 7.54. The molecular weight excluding hydrogens is 219 g/mol. The molecule has 68 valence electrons. The molecule has 1 heterocycles. The summed E-state index contributed by atoms with van der Waals surface area (Å²) in [6.45, 7) is 3.50. The average Bonchev–Trinajstić information content (AvgIpc) is 2.25. The Bertz CT molecular complexity index is 205. The number of likely N-dealkylation sites (N-methyl/N-ethyl adjacent to an activating group) is 1. The van der Waals surface area contributed by atoms with Crippen LogP contribution in [0.2, 0.25) is 0 Å². The third kappa shape index (κ3) is 1.87. The van der Waals surface area contributed by atoms with Gasteiger partial charge >= 0.3 is 80.6 Å². The summed E-state index contributed by atoms with van der Waals surface area (Å²) in [5.74, 6) is 0.208. The standard InChI is InChI=1S/C8H14N2OSe/c1-3-4-5-10-7(11)6-9(2)8(10)12/h3-6H2,1-2H3. The Balaban J connectivity index is 2.52. The maximum atomic E-state index is 11.3. The van der Waals surface area contributed by atoms with E-state index in [4.69, 9.17) is 0 Å². The van der Waals surface area contributed by atoms with Crippen LogP contribution in [0.3, 0.4) is 0 Å². The van der Waals surface area contributed by atoms with Crippen LogP contribution >= 0.6 is 0 Å². The Kier molecular flexibility index (Phi) is 3.29. The molecule has 0 saturated carbocycles. The Morgan fingerprint density at radius 3 is 2.67 bits per heavy atom. The molecule has 4 heteroatoms. The van der Waals surface area contributed by atoms with Gasteiger partial charge in [-0.05, 0) is 0 Å². The van der Waals surface area contributed by atoms with E-state index in [1.165, 1.54) is 0 Å². The van der Waals surface area contributed by atoms with Crippen molar-refractivity contribution in [1.82, 2.24) is 9.80 Å². The molecule has 1 amide bonds. The van der Waals surface area contributed by atoms with Gasteiger partial charge in [-0.15, -0.1) is 0 Å². The Hall–Kier alpha value is -0.341. The van der Waals surface area contributed by atoms with Crippen LogP contribution in [0.5, 0.6) is 0 Å². The van der Waals surface area contributed by atoms with Crippen molar-refractivity contribution in [3.8, 4) is 0 Å². The van der Waals surface area contributed by atoms with E-state index >= 15 is 0 Å². The van der Waals surface area contributed by atoms with Crippen molar-refractivity contribution in [3.05, 3.63) is 0 Å². The van der Waals surface area contributed by atoms with Crippen molar-refractivity contribution in [2.24, 2.45) is 0 Å². The van der Waals surface area contributed by atoms with Crippen molar-refractivity contribution >= 4 is 26.1 Å². The summed E-state index contributed by atoms with van der Waals surface area (Å²) in [5.41, 5.74) is 0. The van der Waals surface area contributed by atoms with Gasteiger partial charge in [-0.1, -0.05) is 0 Å². The first-order chi connectivity index (χ1) is 5.66. The van der Waals surface area contributed by atoms with E-state index in [-0.39, 0.29) is 5.91 Å².